The van der Waals surface area contributed by atoms with Gasteiger partial charge in [-0.2, -0.15) is 0 Å². The zero-order valence-corrected chi connectivity index (χ0v) is 12.0. The number of aliphatic hydroxyl groups excluding tert-OH is 1. The second kappa shape index (κ2) is 6.03. The lowest BCUT2D eigenvalue weighted by Gasteiger charge is -2.30. The number of rotatable bonds is 4. The highest BCUT2D eigenvalue weighted by molar-refractivity contribution is 7.89. The monoisotopic (exact) mass is 283 g/mol. The first-order valence-electron chi connectivity index (χ1n) is 6.73. The van der Waals surface area contributed by atoms with E-state index in [9.17, 15) is 13.5 Å². The van der Waals surface area contributed by atoms with Gasteiger partial charge in [-0.3, -0.25) is 0 Å². The Hall–Kier alpha value is -0.910. The number of hydrogen-bond acceptors (Lipinski definition) is 3. The Balaban J connectivity index is 2.19. The Morgan fingerprint density at radius 2 is 1.95 bits per heavy atom. The zero-order chi connectivity index (χ0) is 13.9. The van der Waals surface area contributed by atoms with Crippen LogP contribution < -0.4 is 4.72 Å². The van der Waals surface area contributed by atoms with Gasteiger partial charge in [0.2, 0.25) is 10.0 Å². The second-order valence-corrected chi connectivity index (χ2v) is 6.90. The van der Waals surface area contributed by atoms with Crippen LogP contribution in [-0.2, 0) is 10.0 Å². The molecular formula is C14H21NO3S. The average molecular weight is 283 g/mol. The van der Waals surface area contributed by atoms with E-state index >= 15 is 0 Å². The summed E-state index contributed by atoms with van der Waals surface area (Å²) in [4.78, 5) is 0.331. The third-order valence-electron chi connectivity index (χ3n) is 3.83. The van der Waals surface area contributed by atoms with Crippen molar-refractivity contribution in [3.8, 4) is 0 Å². The summed E-state index contributed by atoms with van der Waals surface area (Å²) in [5, 5.41) is 9.35. The number of aryl methyl sites for hydroxylation is 1. The van der Waals surface area contributed by atoms with Gasteiger partial charge < -0.3 is 5.11 Å². The van der Waals surface area contributed by atoms with E-state index in [0.29, 0.717) is 4.90 Å². The van der Waals surface area contributed by atoms with Crippen LogP contribution in [-0.4, -0.2) is 26.2 Å². The molecule has 0 radical (unpaired) electrons. The van der Waals surface area contributed by atoms with Gasteiger partial charge in [-0.1, -0.05) is 31.0 Å². The van der Waals surface area contributed by atoms with Gasteiger partial charge >= 0.3 is 0 Å². The highest BCUT2D eigenvalue weighted by Crippen LogP contribution is 2.26. The highest BCUT2D eigenvalue weighted by Gasteiger charge is 2.29. The van der Waals surface area contributed by atoms with Crippen molar-refractivity contribution in [1.29, 1.82) is 0 Å². The number of benzene rings is 1. The Morgan fingerprint density at radius 3 is 2.63 bits per heavy atom. The summed E-state index contributed by atoms with van der Waals surface area (Å²) in [7, 11) is -3.49. The van der Waals surface area contributed by atoms with Crippen LogP contribution >= 0.6 is 0 Å². The quantitative estimate of drug-likeness (QED) is 0.886. The normalized spacial score (nSPS) is 24.3. The van der Waals surface area contributed by atoms with Crippen molar-refractivity contribution in [2.45, 2.75) is 43.5 Å². The van der Waals surface area contributed by atoms with Crippen LogP contribution in [0.5, 0.6) is 0 Å². The van der Waals surface area contributed by atoms with Crippen LogP contribution in [0.4, 0.5) is 0 Å². The first-order chi connectivity index (χ1) is 9.04. The van der Waals surface area contributed by atoms with Crippen LogP contribution in [0, 0.1) is 12.8 Å². The summed E-state index contributed by atoms with van der Waals surface area (Å²) in [6, 6.07) is 6.81. The first kappa shape index (κ1) is 14.5. The molecule has 1 aromatic rings. The Bertz CT molecular complexity index is 527. The molecule has 0 bridgehead atoms. The van der Waals surface area contributed by atoms with Gasteiger partial charge in [0.05, 0.1) is 4.90 Å². The molecule has 1 aliphatic rings. The lowest BCUT2D eigenvalue weighted by atomic mass is 9.86. The second-order valence-electron chi connectivity index (χ2n) is 5.22. The van der Waals surface area contributed by atoms with E-state index in [-0.39, 0.29) is 18.6 Å². The van der Waals surface area contributed by atoms with Gasteiger partial charge in [0, 0.05) is 12.6 Å². The van der Waals surface area contributed by atoms with E-state index in [0.717, 1.165) is 31.2 Å². The van der Waals surface area contributed by atoms with E-state index in [2.05, 4.69) is 4.72 Å². The van der Waals surface area contributed by atoms with Crippen molar-refractivity contribution in [1.82, 2.24) is 4.72 Å². The van der Waals surface area contributed by atoms with Crippen LogP contribution in [0.2, 0.25) is 0 Å². The molecule has 2 unspecified atom stereocenters. The van der Waals surface area contributed by atoms with Gasteiger partial charge in [0.15, 0.2) is 0 Å². The van der Waals surface area contributed by atoms with Crippen molar-refractivity contribution < 1.29 is 13.5 Å². The van der Waals surface area contributed by atoms with Gasteiger partial charge in [-0.25, -0.2) is 13.1 Å². The van der Waals surface area contributed by atoms with Crippen LogP contribution in [0.25, 0.3) is 0 Å². The predicted octanol–water partition coefficient (Wildman–Crippen LogP) is 1.82. The summed E-state index contributed by atoms with van der Waals surface area (Å²) >= 11 is 0. The molecule has 0 aromatic heterocycles. The Labute approximate surface area is 114 Å². The molecule has 106 valence electrons. The summed E-state index contributed by atoms with van der Waals surface area (Å²) < 4.78 is 27.5. The molecule has 1 saturated carbocycles. The van der Waals surface area contributed by atoms with Crippen LogP contribution in [0.15, 0.2) is 29.2 Å². The number of aliphatic hydroxyl groups is 1. The van der Waals surface area contributed by atoms with Crippen molar-refractivity contribution in [3.05, 3.63) is 29.8 Å². The van der Waals surface area contributed by atoms with Crippen molar-refractivity contribution in [3.63, 3.8) is 0 Å². The fourth-order valence-electron chi connectivity index (χ4n) is 2.70. The highest BCUT2D eigenvalue weighted by atomic mass is 32.2. The fourth-order valence-corrected chi connectivity index (χ4v) is 4.29. The minimum absolute atomic E-state index is 0.0348. The van der Waals surface area contributed by atoms with Crippen molar-refractivity contribution in [2.24, 2.45) is 5.92 Å². The summed E-state index contributed by atoms with van der Waals surface area (Å²) in [5.74, 6) is 0.0348. The summed E-state index contributed by atoms with van der Waals surface area (Å²) in [5.41, 5.74) is 0.742. The molecule has 0 heterocycles. The summed E-state index contributed by atoms with van der Waals surface area (Å²) in [6.45, 7) is 1.83. The van der Waals surface area contributed by atoms with Crippen molar-refractivity contribution >= 4 is 10.0 Å². The van der Waals surface area contributed by atoms with Crippen molar-refractivity contribution in [2.75, 3.05) is 6.61 Å². The molecule has 0 aliphatic heterocycles. The Kier molecular flexibility index (Phi) is 4.60. The Morgan fingerprint density at radius 1 is 1.26 bits per heavy atom. The molecule has 4 nitrogen and oxygen atoms in total. The molecule has 1 aliphatic carbocycles. The SMILES string of the molecule is Cc1ccccc1S(=O)(=O)NC1CCCCC1CO. The molecule has 1 aromatic carbocycles. The maximum absolute atomic E-state index is 12.4. The largest absolute Gasteiger partial charge is 0.396 e. The van der Waals surface area contributed by atoms with E-state index in [1.165, 1.54) is 0 Å². The predicted molar refractivity (Wildman–Crippen MR) is 74.3 cm³/mol. The molecule has 19 heavy (non-hydrogen) atoms. The van der Waals surface area contributed by atoms with E-state index in [4.69, 9.17) is 0 Å². The molecule has 1 fully saturated rings. The average Bonchev–Trinajstić information content (AvgIpc) is 2.39. The minimum atomic E-state index is -3.49. The molecule has 0 saturated heterocycles. The molecule has 2 N–H and O–H groups in total. The standard InChI is InChI=1S/C14H21NO3S/c1-11-6-2-5-9-14(11)19(17,18)15-13-8-4-3-7-12(13)10-16/h2,5-6,9,12-13,15-16H,3-4,7-8,10H2,1H3. The van der Waals surface area contributed by atoms with Crippen LogP contribution in [0.3, 0.4) is 0 Å². The maximum Gasteiger partial charge on any atom is 0.241 e. The number of sulfonamides is 1. The molecule has 0 spiro atoms. The van der Waals surface area contributed by atoms with E-state index < -0.39 is 10.0 Å². The number of hydrogen-bond donors (Lipinski definition) is 2. The fraction of sp³-hybridized carbons (Fsp3) is 0.571. The molecular weight excluding hydrogens is 262 g/mol. The van der Waals surface area contributed by atoms with Gasteiger partial charge in [-0.15, -0.1) is 0 Å². The first-order valence-corrected chi connectivity index (χ1v) is 8.22. The number of nitrogens with one attached hydrogen (secondary N) is 1. The smallest absolute Gasteiger partial charge is 0.241 e. The van der Waals surface area contributed by atoms with Crippen LogP contribution in [0.1, 0.15) is 31.2 Å². The van der Waals surface area contributed by atoms with Gasteiger partial charge in [0.25, 0.3) is 0 Å². The molecule has 2 rings (SSSR count). The zero-order valence-electron chi connectivity index (χ0n) is 11.2. The minimum Gasteiger partial charge on any atom is -0.396 e. The molecule has 0 amide bonds. The maximum atomic E-state index is 12.4. The third kappa shape index (κ3) is 3.35. The molecule has 2 atom stereocenters. The van der Waals surface area contributed by atoms with E-state index in [1.54, 1.807) is 25.1 Å². The molecule has 5 heteroatoms. The lowest BCUT2D eigenvalue weighted by molar-refractivity contribution is 0.164. The van der Waals surface area contributed by atoms with Gasteiger partial charge in [0.1, 0.15) is 0 Å². The van der Waals surface area contributed by atoms with Gasteiger partial charge in [-0.05, 0) is 37.3 Å². The lowest BCUT2D eigenvalue weighted by Crippen LogP contribution is -2.43. The third-order valence-corrected chi connectivity index (χ3v) is 5.48. The summed E-state index contributed by atoms with van der Waals surface area (Å²) in [6.07, 6.45) is 3.76. The van der Waals surface area contributed by atoms with E-state index in [1.807, 2.05) is 6.07 Å². The topological polar surface area (TPSA) is 66.4 Å².